The monoisotopic (exact) mass is 497 g/mol. The predicted molar refractivity (Wildman–Crippen MR) is 131 cm³/mol. The van der Waals surface area contributed by atoms with E-state index in [1.165, 1.54) is 12.1 Å². The average molecular weight is 498 g/mol. The van der Waals surface area contributed by atoms with Crippen molar-refractivity contribution in [1.82, 2.24) is 9.97 Å². The molecule has 1 aliphatic heterocycles. The molecule has 0 atom stereocenters. The Morgan fingerprint density at radius 3 is 2.36 bits per heavy atom. The predicted octanol–water partition coefficient (Wildman–Crippen LogP) is 5.09. The maximum absolute atomic E-state index is 13.1. The molecule has 36 heavy (non-hydrogen) atoms. The smallest absolute Gasteiger partial charge is 0.416 e. The standard InChI is InChI=1S/C26H26F3N5O2/c1-36-20-10-8-18(9-11-20)30-24-23-21(6-3-7-22(23)35)31-25(32-24)34-14-12-33(13-15-34)19-5-2-4-17(16-19)26(27,28)29/h2,4-5,8-11,16H,3,6-7,12-15H2,1H3,(H,30,31,32). The molecule has 188 valence electrons. The van der Waals surface area contributed by atoms with Crippen LogP contribution < -0.4 is 19.9 Å². The summed E-state index contributed by atoms with van der Waals surface area (Å²) in [5, 5.41) is 3.28. The summed E-state index contributed by atoms with van der Waals surface area (Å²) >= 11 is 0. The molecule has 2 aliphatic rings. The molecule has 0 radical (unpaired) electrons. The summed E-state index contributed by atoms with van der Waals surface area (Å²) in [6.07, 6.45) is -2.48. The van der Waals surface area contributed by atoms with Crippen LogP contribution in [0.1, 0.15) is 34.5 Å². The van der Waals surface area contributed by atoms with Crippen molar-refractivity contribution in [3.63, 3.8) is 0 Å². The fourth-order valence-corrected chi connectivity index (χ4v) is 4.60. The van der Waals surface area contributed by atoms with E-state index in [2.05, 4.69) is 5.32 Å². The molecule has 7 nitrogen and oxygen atoms in total. The maximum atomic E-state index is 13.1. The van der Waals surface area contributed by atoms with Crippen LogP contribution in [0.2, 0.25) is 0 Å². The van der Waals surface area contributed by atoms with Crippen LogP contribution in [0.25, 0.3) is 0 Å². The number of carbonyl (C=O) groups excluding carboxylic acids is 1. The number of ether oxygens (including phenoxy) is 1. The minimum Gasteiger partial charge on any atom is -0.497 e. The number of fused-ring (bicyclic) bond motifs is 1. The largest absolute Gasteiger partial charge is 0.497 e. The minimum atomic E-state index is -4.38. The van der Waals surface area contributed by atoms with Crippen molar-refractivity contribution in [3.05, 3.63) is 65.4 Å². The van der Waals surface area contributed by atoms with Gasteiger partial charge in [0.05, 0.1) is 23.9 Å². The van der Waals surface area contributed by atoms with Crippen molar-refractivity contribution in [1.29, 1.82) is 0 Å². The number of benzene rings is 2. The Morgan fingerprint density at radius 2 is 1.67 bits per heavy atom. The minimum absolute atomic E-state index is 0.0215. The van der Waals surface area contributed by atoms with Gasteiger partial charge < -0.3 is 19.9 Å². The molecule has 0 amide bonds. The van der Waals surface area contributed by atoms with E-state index in [9.17, 15) is 18.0 Å². The molecule has 1 N–H and O–H groups in total. The van der Waals surface area contributed by atoms with Gasteiger partial charge in [-0.1, -0.05) is 6.07 Å². The van der Waals surface area contributed by atoms with Gasteiger partial charge in [-0.25, -0.2) is 4.98 Å². The highest BCUT2D eigenvalue weighted by atomic mass is 19.4. The van der Waals surface area contributed by atoms with Gasteiger partial charge in [-0.2, -0.15) is 18.2 Å². The van der Waals surface area contributed by atoms with Gasteiger partial charge in [0.1, 0.15) is 11.6 Å². The summed E-state index contributed by atoms with van der Waals surface area (Å²) in [5.74, 6) is 1.74. The van der Waals surface area contributed by atoms with Gasteiger partial charge in [0.25, 0.3) is 0 Å². The van der Waals surface area contributed by atoms with Crippen LogP contribution in [-0.4, -0.2) is 49.0 Å². The number of anilines is 4. The van der Waals surface area contributed by atoms with Crippen molar-refractivity contribution in [2.24, 2.45) is 0 Å². The average Bonchev–Trinajstić information content (AvgIpc) is 2.89. The van der Waals surface area contributed by atoms with E-state index in [4.69, 9.17) is 14.7 Å². The number of alkyl halides is 3. The van der Waals surface area contributed by atoms with Gasteiger partial charge in [-0.15, -0.1) is 0 Å². The van der Waals surface area contributed by atoms with Gasteiger partial charge in [0, 0.05) is 44.0 Å². The lowest BCUT2D eigenvalue weighted by Crippen LogP contribution is -2.47. The molecule has 1 saturated heterocycles. The summed E-state index contributed by atoms with van der Waals surface area (Å²) in [4.78, 5) is 26.1. The lowest BCUT2D eigenvalue weighted by atomic mass is 9.95. The van der Waals surface area contributed by atoms with Crippen LogP contribution >= 0.6 is 0 Å². The number of aromatic nitrogens is 2. The first-order chi connectivity index (χ1) is 17.3. The van der Waals surface area contributed by atoms with E-state index in [-0.39, 0.29) is 5.78 Å². The lowest BCUT2D eigenvalue weighted by Gasteiger charge is -2.36. The van der Waals surface area contributed by atoms with Gasteiger partial charge in [-0.05, 0) is 55.3 Å². The first kappa shape index (κ1) is 23.9. The van der Waals surface area contributed by atoms with E-state index < -0.39 is 11.7 Å². The molecule has 2 heterocycles. The van der Waals surface area contributed by atoms with Crippen LogP contribution in [0.5, 0.6) is 5.75 Å². The molecule has 1 aliphatic carbocycles. The molecule has 5 rings (SSSR count). The molecule has 3 aromatic rings. The molecule has 10 heteroatoms. The zero-order valence-electron chi connectivity index (χ0n) is 19.8. The number of nitrogens with zero attached hydrogens (tertiary/aromatic N) is 4. The van der Waals surface area contributed by atoms with E-state index in [0.29, 0.717) is 62.0 Å². The Labute approximate surface area is 206 Å². The van der Waals surface area contributed by atoms with Crippen molar-refractivity contribution >= 4 is 28.9 Å². The molecular formula is C26H26F3N5O2. The maximum Gasteiger partial charge on any atom is 0.416 e. The molecule has 2 aromatic carbocycles. The molecule has 0 spiro atoms. The number of Topliss-reactive ketones (excluding diaryl/α,β-unsaturated/α-hetero) is 1. The lowest BCUT2D eigenvalue weighted by molar-refractivity contribution is -0.137. The Balaban J connectivity index is 1.37. The number of halogens is 3. The molecule has 1 fully saturated rings. The fraction of sp³-hybridized carbons (Fsp3) is 0.346. The van der Waals surface area contributed by atoms with Crippen LogP contribution in [0.4, 0.5) is 36.3 Å². The summed E-state index contributed by atoms with van der Waals surface area (Å²) in [5.41, 5.74) is 1.93. The first-order valence-electron chi connectivity index (χ1n) is 11.8. The Bertz CT molecular complexity index is 1260. The Kier molecular flexibility index (Phi) is 6.42. The van der Waals surface area contributed by atoms with Gasteiger partial charge in [-0.3, -0.25) is 4.79 Å². The van der Waals surface area contributed by atoms with E-state index in [0.717, 1.165) is 29.6 Å². The number of piperazine rings is 1. The number of hydrogen-bond acceptors (Lipinski definition) is 7. The molecular weight excluding hydrogens is 471 g/mol. The summed E-state index contributed by atoms with van der Waals surface area (Å²) in [6, 6.07) is 12.8. The number of rotatable bonds is 5. The van der Waals surface area contributed by atoms with Crippen molar-refractivity contribution < 1.29 is 22.7 Å². The van der Waals surface area contributed by atoms with Crippen molar-refractivity contribution in [2.75, 3.05) is 48.4 Å². The number of nitrogens with one attached hydrogen (secondary N) is 1. The second-order valence-corrected chi connectivity index (χ2v) is 8.85. The summed E-state index contributed by atoms with van der Waals surface area (Å²) < 4.78 is 44.6. The normalized spacial score (nSPS) is 16.1. The molecule has 1 aromatic heterocycles. The second kappa shape index (κ2) is 9.67. The molecule has 0 unspecified atom stereocenters. The van der Waals surface area contributed by atoms with E-state index in [1.54, 1.807) is 13.2 Å². The Hall–Kier alpha value is -3.82. The van der Waals surface area contributed by atoms with Crippen LogP contribution in [0, 0.1) is 0 Å². The zero-order chi connectivity index (χ0) is 25.3. The number of ketones is 1. The SMILES string of the molecule is COc1ccc(Nc2nc(N3CCN(c4cccc(C(F)(F)F)c4)CC3)nc3c2C(=O)CCC3)cc1. The zero-order valence-corrected chi connectivity index (χ0v) is 19.8. The highest BCUT2D eigenvalue weighted by Crippen LogP contribution is 2.33. The topological polar surface area (TPSA) is 70.6 Å². The van der Waals surface area contributed by atoms with Crippen LogP contribution in [0.15, 0.2) is 48.5 Å². The number of methoxy groups -OCH3 is 1. The van der Waals surface area contributed by atoms with Crippen molar-refractivity contribution in [3.8, 4) is 5.75 Å². The van der Waals surface area contributed by atoms with Gasteiger partial charge in [0.2, 0.25) is 5.95 Å². The second-order valence-electron chi connectivity index (χ2n) is 8.85. The third-order valence-corrected chi connectivity index (χ3v) is 6.52. The number of aryl methyl sites for hydroxylation is 1. The third-order valence-electron chi connectivity index (χ3n) is 6.52. The highest BCUT2D eigenvalue weighted by molar-refractivity contribution is 6.03. The highest BCUT2D eigenvalue weighted by Gasteiger charge is 2.31. The van der Waals surface area contributed by atoms with E-state index >= 15 is 0 Å². The summed E-state index contributed by atoms with van der Waals surface area (Å²) in [7, 11) is 1.60. The third kappa shape index (κ3) is 4.93. The molecule has 0 saturated carbocycles. The number of carbonyl (C=O) groups is 1. The van der Waals surface area contributed by atoms with Gasteiger partial charge in [0.15, 0.2) is 5.78 Å². The quantitative estimate of drug-likeness (QED) is 0.526. The Morgan fingerprint density at radius 1 is 0.944 bits per heavy atom. The van der Waals surface area contributed by atoms with Crippen LogP contribution in [0.3, 0.4) is 0 Å². The first-order valence-corrected chi connectivity index (χ1v) is 11.8. The van der Waals surface area contributed by atoms with Gasteiger partial charge >= 0.3 is 6.18 Å². The van der Waals surface area contributed by atoms with Crippen LogP contribution in [-0.2, 0) is 12.6 Å². The number of hydrogen-bond donors (Lipinski definition) is 1. The molecule has 0 bridgehead atoms. The fourth-order valence-electron chi connectivity index (χ4n) is 4.60. The van der Waals surface area contributed by atoms with Crippen molar-refractivity contribution in [2.45, 2.75) is 25.4 Å². The summed E-state index contributed by atoms with van der Waals surface area (Å²) in [6.45, 7) is 2.15. The van der Waals surface area contributed by atoms with E-state index in [1.807, 2.05) is 34.1 Å².